The second kappa shape index (κ2) is 10.6. The first-order chi connectivity index (χ1) is 18.7. The van der Waals surface area contributed by atoms with Crippen molar-refractivity contribution in [3.63, 3.8) is 0 Å². The Morgan fingerprint density at radius 1 is 1.08 bits per heavy atom. The highest BCUT2D eigenvalue weighted by Crippen LogP contribution is 2.39. The largest absolute Gasteiger partial charge is 0.351 e. The molecule has 0 amide bonds. The second-order valence-electron chi connectivity index (χ2n) is 10.0. The Balaban J connectivity index is 1.24. The third-order valence-electron chi connectivity index (χ3n) is 7.32. The molecule has 1 aromatic carbocycles. The van der Waals surface area contributed by atoms with Crippen LogP contribution >= 0.6 is 22.7 Å². The Hall–Kier alpha value is -2.29. The van der Waals surface area contributed by atoms with E-state index in [1.54, 1.807) is 44.4 Å². The van der Waals surface area contributed by atoms with Crippen LogP contribution in [0.1, 0.15) is 24.6 Å². The van der Waals surface area contributed by atoms with E-state index in [0.717, 1.165) is 45.9 Å². The van der Waals surface area contributed by atoms with E-state index in [9.17, 15) is 16.8 Å². The number of hydrogen-bond donors (Lipinski definition) is 1. The van der Waals surface area contributed by atoms with Crippen molar-refractivity contribution in [3.05, 3.63) is 52.9 Å². The van der Waals surface area contributed by atoms with Crippen molar-refractivity contribution in [3.8, 4) is 10.7 Å². The summed E-state index contributed by atoms with van der Waals surface area (Å²) in [7, 11) is -6.81. The molecule has 6 rings (SSSR count). The molecule has 3 aromatic heterocycles. The third kappa shape index (κ3) is 5.52. The van der Waals surface area contributed by atoms with E-state index in [2.05, 4.69) is 14.9 Å². The molecule has 1 N–H and O–H groups in total. The van der Waals surface area contributed by atoms with Gasteiger partial charge < -0.3 is 4.98 Å². The van der Waals surface area contributed by atoms with Gasteiger partial charge in [0.25, 0.3) is 10.0 Å². The third-order valence-corrected chi connectivity index (χ3v) is 13.4. The summed E-state index contributed by atoms with van der Waals surface area (Å²) in [6, 6.07) is 11.2. The first-order valence-electron chi connectivity index (χ1n) is 13.1. The molecule has 2 fully saturated rings. The summed E-state index contributed by atoms with van der Waals surface area (Å²) in [4.78, 5) is 11.5. The zero-order valence-electron chi connectivity index (χ0n) is 21.6. The molecule has 208 valence electrons. The Morgan fingerprint density at radius 2 is 1.87 bits per heavy atom. The van der Waals surface area contributed by atoms with Gasteiger partial charge in [-0.3, -0.25) is 9.21 Å². The number of aromatic nitrogens is 2. The standard InChI is InChI=1S/C26H31N5O4S4/c1-2-38(32,33)30-12-10-29(11-13-30)18-21-16-27-26(37-21)22-15-20-5-3-6-23(25(20)28-22)31(17-19-8-9-19)39(34,35)24-7-4-14-36-24/h3-7,14-16,19,28H,2,8-13,17-18H2,1H3. The van der Waals surface area contributed by atoms with Crippen LogP contribution in [0, 0.1) is 5.92 Å². The normalized spacial score (nSPS) is 17.7. The fraction of sp³-hybridized carbons (Fsp3) is 0.423. The Morgan fingerprint density at radius 3 is 2.56 bits per heavy atom. The van der Waals surface area contributed by atoms with Gasteiger partial charge in [0, 0.05) is 55.7 Å². The minimum absolute atomic E-state index is 0.135. The van der Waals surface area contributed by atoms with Crippen LogP contribution in [0.3, 0.4) is 0 Å². The maximum Gasteiger partial charge on any atom is 0.273 e. The van der Waals surface area contributed by atoms with Gasteiger partial charge in [0.05, 0.1) is 22.7 Å². The topological polar surface area (TPSA) is 107 Å². The van der Waals surface area contributed by atoms with E-state index in [1.165, 1.54) is 11.3 Å². The van der Waals surface area contributed by atoms with Gasteiger partial charge in [-0.15, -0.1) is 22.7 Å². The molecular formula is C26H31N5O4S4. The minimum atomic E-state index is -3.67. The summed E-state index contributed by atoms with van der Waals surface area (Å²) < 4.78 is 55.1. The van der Waals surface area contributed by atoms with Crippen LogP contribution in [-0.2, 0) is 26.6 Å². The number of hydrogen-bond acceptors (Lipinski definition) is 8. The lowest BCUT2D eigenvalue weighted by Gasteiger charge is -2.33. The van der Waals surface area contributed by atoms with E-state index in [4.69, 9.17) is 0 Å². The highest BCUT2D eigenvalue weighted by Gasteiger charge is 2.34. The molecule has 1 aliphatic carbocycles. The number of aromatic amines is 1. The average Bonchev–Trinajstić information content (AvgIpc) is 3.32. The van der Waals surface area contributed by atoms with Gasteiger partial charge >= 0.3 is 0 Å². The van der Waals surface area contributed by atoms with Crippen LogP contribution in [0.25, 0.3) is 21.6 Å². The molecule has 0 atom stereocenters. The summed E-state index contributed by atoms with van der Waals surface area (Å²) >= 11 is 2.84. The fourth-order valence-electron chi connectivity index (χ4n) is 4.92. The lowest BCUT2D eigenvalue weighted by atomic mass is 10.2. The van der Waals surface area contributed by atoms with Crippen molar-refractivity contribution in [1.82, 2.24) is 19.2 Å². The first kappa shape index (κ1) is 26.9. The molecule has 4 heterocycles. The Bertz CT molecular complexity index is 1670. The molecule has 0 bridgehead atoms. The molecule has 1 saturated heterocycles. The van der Waals surface area contributed by atoms with E-state index < -0.39 is 20.0 Å². The van der Waals surface area contributed by atoms with Gasteiger partial charge in [0.15, 0.2) is 0 Å². The number of thiazole rings is 1. The molecule has 1 saturated carbocycles. The van der Waals surface area contributed by atoms with E-state index >= 15 is 0 Å². The van der Waals surface area contributed by atoms with Crippen molar-refractivity contribution in [2.24, 2.45) is 5.92 Å². The SMILES string of the molecule is CCS(=O)(=O)N1CCN(Cc2cnc(-c3cc4cccc(N(CC5CC5)S(=O)(=O)c5cccs5)c4[nH]3)s2)CC1. The zero-order valence-corrected chi connectivity index (χ0v) is 24.9. The van der Waals surface area contributed by atoms with E-state index in [1.807, 2.05) is 30.5 Å². The maximum absolute atomic E-state index is 13.6. The van der Waals surface area contributed by atoms with E-state index in [0.29, 0.717) is 48.5 Å². The number of thiophene rings is 1. The second-order valence-corrected chi connectivity index (χ2v) is 16.5. The number of H-pyrrole nitrogens is 1. The summed E-state index contributed by atoms with van der Waals surface area (Å²) in [6.45, 7) is 5.28. The molecule has 9 nitrogen and oxygen atoms in total. The van der Waals surface area contributed by atoms with Crippen molar-refractivity contribution in [2.75, 3.05) is 42.8 Å². The number of nitrogens with zero attached hydrogens (tertiary/aromatic N) is 4. The fourth-order valence-corrected chi connectivity index (χ4v) is 9.59. The van der Waals surface area contributed by atoms with Crippen molar-refractivity contribution < 1.29 is 16.8 Å². The number of anilines is 1. The number of nitrogens with one attached hydrogen (secondary N) is 1. The van der Waals surface area contributed by atoms with Gasteiger partial charge in [-0.25, -0.2) is 21.8 Å². The molecule has 1 aliphatic heterocycles. The van der Waals surface area contributed by atoms with Crippen LogP contribution in [0.2, 0.25) is 0 Å². The summed E-state index contributed by atoms with van der Waals surface area (Å²) in [5, 5.41) is 3.58. The lowest BCUT2D eigenvalue weighted by molar-refractivity contribution is 0.183. The van der Waals surface area contributed by atoms with Gasteiger partial charge in [-0.2, -0.15) is 4.31 Å². The highest BCUT2D eigenvalue weighted by molar-refractivity contribution is 7.94. The minimum Gasteiger partial charge on any atom is -0.351 e. The number of piperazine rings is 1. The predicted molar refractivity (Wildman–Crippen MR) is 157 cm³/mol. The molecule has 4 aromatic rings. The zero-order chi connectivity index (χ0) is 27.2. The highest BCUT2D eigenvalue weighted by atomic mass is 32.2. The molecular weight excluding hydrogens is 575 g/mol. The molecule has 0 unspecified atom stereocenters. The quantitative estimate of drug-likeness (QED) is 0.287. The van der Waals surface area contributed by atoms with Gasteiger partial charge in [-0.05, 0) is 49.3 Å². The molecule has 39 heavy (non-hydrogen) atoms. The van der Waals surface area contributed by atoms with Gasteiger partial charge in [-0.1, -0.05) is 18.2 Å². The van der Waals surface area contributed by atoms with Crippen LogP contribution in [0.5, 0.6) is 0 Å². The van der Waals surface area contributed by atoms with Gasteiger partial charge in [0.2, 0.25) is 10.0 Å². The van der Waals surface area contributed by atoms with Crippen molar-refractivity contribution in [2.45, 2.75) is 30.5 Å². The number of sulfonamides is 2. The Labute approximate surface area is 237 Å². The van der Waals surface area contributed by atoms with E-state index in [-0.39, 0.29) is 5.75 Å². The smallest absolute Gasteiger partial charge is 0.273 e. The van der Waals surface area contributed by atoms with Gasteiger partial charge in [0.1, 0.15) is 9.22 Å². The van der Waals surface area contributed by atoms with Crippen LogP contribution in [-0.4, -0.2) is 74.5 Å². The summed E-state index contributed by atoms with van der Waals surface area (Å²) in [5.74, 6) is 0.519. The molecule has 0 radical (unpaired) electrons. The number of para-hydroxylation sites is 1. The summed E-state index contributed by atoms with van der Waals surface area (Å²) in [6.07, 6.45) is 3.98. The van der Waals surface area contributed by atoms with Crippen molar-refractivity contribution >= 4 is 59.3 Å². The summed E-state index contributed by atoms with van der Waals surface area (Å²) in [5.41, 5.74) is 2.31. The maximum atomic E-state index is 13.6. The average molecular weight is 606 g/mol. The lowest BCUT2D eigenvalue weighted by Crippen LogP contribution is -2.48. The molecule has 13 heteroatoms. The number of rotatable bonds is 10. The Kier molecular flexibility index (Phi) is 7.31. The van der Waals surface area contributed by atoms with Crippen molar-refractivity contribution in [1.29, 1.82) is 0 Å². The number of benzene rings is 1. The predicted octanol–water partition coefficient (Wildman–Crippen LogP) is 4.43. The van der Waals surface area contributed by atoms with Crippen LogP contribution < -0.4 is 4.31 Å². The van der Waals surface area contributed by atoms with Crippen LogP contribution in [0.4, 0.5) is 5.69 Å². The monoisotopic (exact) mass is 605 g/mol. The molecule has 0 spiro atoms. The van der Waals surface area contributed by atoms with Crippen LogP contribution in [0.15, 0.2) is 52.2 Å². The number of fused-ring (bicyclic) bond motifs is 1. The molecule has 2 aliphatic rings. The first-order valence-corrected chi connectivity index (χ1v) is 17.8.